The van der Waals surface area contributed by atoms with E-state index >= 15 is 0 Å². The summed E-state index contributed by atoms with van der Waals surface area (Å²) in [5.41, 5.74) is 0. The Morgan fingerprint density at radius 2 is 1.82 bits per heavy atom. The van der Waals surface area contributed by atoms with E-state index in [9.17, 15) is 0 Å². The van der Waals surface area contributed by atoms with Gasteiger partial charge in [0.05, 0.1) is 0 Å². The summed E-state index contributed by atoms with van der Waals surface area (Å²) in [6.07, 6.45) is 8.43. The second-order valence-corrected chi connectivity index (χ2v) is 3.27. The lowest BCUT2D eigenvalue weighted by Gasteiger charge is -2.32. The topological polar surface area (TPSA) is 3.24 Å². The molecule has 0 spiro atoms. The number of hydrogen-bond acceptors (Lipinski definition) is 1. The summed E-state index contributed by atoms with van der Waals surface area (Å²) in [7, 11) is 0. The molecular formula is C10H19N. The summed E-state index contributed by atoms with van der Waals surface area (Å²) < 4.78 is 0. The van der Waals surface area contributed by atoms with Crippen molar-refractivity contribution in [1.82, 2.24) is 4.90 Å². The van der Waals surface area contributed by atoms with Crippen LogP contribution in [0, 0.1) is 0 Å². The summed E-state index contributed by atoms with van der Waals surface area (Å²) in [5.74, 6) is 0. The second-order valence-electron chi connectivity index (χ2n) is 3.27. The third-order valence-electron chi connectivity index (χ3n) is 2.23. The van der Waals surface area contributed by atoms with Crippen LogP contribution in [0.25, 0.3) is 0 Å². The molecule has 1 heteroatoms. The van der Waals surface area contributed by atoms with Crippen molar-refractivity contribution in [1.29, 1.82) is 0 Å². The molecule has 1 nitrogen and oxygen atoms in total. The average molecular weight is 153 g/mol. The summed E-state index contributed by atoms with van der Waals surface area (Å²) in [6.45, 7) is 7.04. The summed E-state index contributed by atoms with van der Waals surface area (Å²) in [4.78, 5) is 2.58. The Morgan fingerprint density at radius 3 is 2.09 bits per heavy atom. The molecule has 1 rings (SSSR count). The maximum Gasteiger partial charge on any atom is 0.0312 e. The largest absolute Gasteiger partial charge is 0.297 e. The molecule has 0 aromatic carbocycles. The van der Waals surface area contributed by atoms with Crippen molar-refractivity contribution >= 4 is 0 Å². The zero-order chi connectivity index (χ0) is 8.10. The van der Waals surface area contributed by atoms with E-state index in [2.05, 4.69) is 30.9 Å². The minimum atomic E-state index is 0.773. The van der Waals surface area contributed by atoms with Gasteiger partial charge >= 0.3 is 0 Å². The highest BCUT2D eigenvalue weighted by atomic mass is 15.1. The predicted molar refractivity (Wildman–Crippen MR) is 49.7 cm³/mol. The smallest absolute Gasteiger partial charge is 0.0312 e. The van der Waals surface area contributed by atoms with Gasteiger partial charge < -0.3 is 0 Å². The maximum absolute atomic E-state index is 2.58. The van der Waals surface area contributed by atoms with Gasteiger partial charge in [-0.25, -0.2) is 0 Å². The van der Waals surface area contributed by atoms with E-state index in [1.165, 1.54) is 32.4 Å². The van der Waals surface area contributed by atoms with Gasteiger partial charge in [0.2, 0.25) is 0 Å². The third-order valence-corrected chi connectivity index (χ3v) is 2.23. The van der Waals surface area contributed by atoms with Gasteiger partial charge in [-0.15, -0.1) is 0 Å². The van der Waals surface area contributed by atoms with Crippen LogP contribution in [0.3, 0.4) is 0 Å². The molecule has 0 N–H and O–H groups in total. The van der Waals surface area contributed by atoms with Crippen molar-refractivity contribution < 1.29 is 0 Å². The van der Waals surface area contributed by atoms with E-state index in [4.69, 9.17) is 0 Å². The number of rotatable bonds is 5. The van der Waals surface area contributed by atoms with Crippen LogP contribution in [-0.4, -0.2) is 24.0 Å². The second kappa shape index (κ2) is 4.55. The van der Waals surface area contributed by atoms with Crippen molar-refractivity contribution in [2.24, 2.45) is 0 Å². The van der Waals surface area contributed by atoms with Crippen molar-refractivity contribution in [2.75, 3.05) is 13.1 Å². The molecule has 0 bridgehead atoms. The van der Waals surface area contributed by atoms with Crippen molar-refractivity contribution in [3.8, 4) is 0 Å². The molecule has 11 heavy (non-hydrogen) atoms. The van der Waals surface area contributed by atoms with Crippen molar-refractivity contribution in [3.05, 3.63) is 12.2 Å². The van der Waals surface area contributed by atoms with Crippen molar-refractivity contribution in [2.45, 2.75) is 39.2 Å². The quantitative estimate of drug-likeness (QED) is 0.548. The first-order valence-corrected chi connectivity index (χ1v) is 4.79. The molecular weight excluding hydrogens is 134 g/mol. The average Bonchev–Trinajstić information content (AvgIpc) is 1.85. The molecule has 1 unspecified atom stereocenters. The highest BCUT2D eigenvalue weighted by molar-refractivity contribution is 5.07. The maximum atomic E-state index is 2.58. The van der Waals surface area contributed by atoms with Gasteiger partial charge in [-0.3, -0.25) is 4.90 Å². The first-order valence-electron chi connectivity index (χ1n) is 4.79. The Balaban J connectivity index is 2.26. The van der Waals surface area contributed by atoms with Crippen LogP contribution in [0.1, 0.15) is 33.1 Å². The molecule has 0 aromatic rings. The summed E-state index contributed by atoms with van der Waals surface area (Å²) in [5, 5.41) is 0. The van der Waals surface area contributed by atoms with E-state index < -0.39 is 0 Å². The molecule has 64 valence electrons. The molecule has 1 atom stereocenters. The van der Waals surface area contributed by atoms with E-state index in [0.29, 0.717) is 0 Å². The molecule has 0 fully saturated rings. The van der Waals surface area contributed by atoms with Crippen LogP contribution in [0.4, 0.5) is 0 Å². The Kier molecular flexibility index (Phi) is 3.64. The highest BCUT2D eigenvalue weighted by Gasteiger charge is 2.17. The lowest BCUT2D eigenvalue weighted by atomic mass is 10.0. The fourth-order valence-electron chi connectivity index (χ4n) is 1.55. The van der Waals surface area contributed by atoms with E-state index in [0.717, 1.165) is 6.04 Å². The monoisotopic (exact) mass is 153 g/mol. The highest BCUT2D eigenvalue weighted by Crippen LogP contribution is 2.16. The lowest BCUT2D eigenvalue weighted by molar-refractivity contribution is 0.218. The van der Waals surface area contributed by atoms with Crippen molar-refractivity contribution in [3.63, 3.8) is 0 Å². The van der Waals surface area contributed by atoms with Crippen LogP contribution in [-0.2, 0) is 0 Å². The molecule has 0 amide bonds. The number of hydrogen-bond donors (Lipinski definition) is 0. The van der Waals surface area contributed by atoms with E-state index in [-0.39, 0.29) is 0 Å². The molecule has 0 saturated heterocycles. The molecule has 0 aliphatic heterocycles. The standard InChI is InChI=1S/C10H19N/c1-3-8-11(9-4-2)10-6-5-7-10/h5-6,10H,3-4,7-9H2,1-2H3. The molecule has 0 saturated carbocycles. The van der Waals surface area contributed by atoms with Crippen LogP contribution >= 0.6 is 0 Å². The minimum absolute atomic E-state index is 0.773. The lowest BCUT2D eigenvalue weighted by Crippen LogP contribution is -2.37. The normalized spacial score (nSPS) is 22.3. The van der Waals surface area contributed by atoms with Crippen LogP contribution in [0.2, 0.25) is 0 Å². The Bertz CT molecular complexity index is 123. The van der Waals surface area contributed by atoms with E-state index in [1.807, 2.05) is 0 Å². The summed E-state index contributed by atoms with van der Waals surface area (Å²) >= 11 is 0. The minimum Gasteiger partial charge on any atom is -0.297 e. The molecule has 0 aromatic heterocycles. The fraction of sp³-hybridized carbons (Fsp3) is 0.800. The SMILES string of the molecule is CCCN(CCC)C1C=CC1. The fourth-order valence-corrected chi connectivity index (χ4v) is 1.55. The first kappa shape index (κ1) is 8.79. The molecule has 1 aliphatic carbocycles. The first-order chi connectivity index (χ1) is 5.38. The number of nitrogens with zero attached hydrogens (tertiary/aromatic N) is 1. The Hall–Kier alpha value is -0.300. The van der Waals surface area contributed by atoms with Gasteiger partial charge in [0.15, 0.2) is 0 Å². The molecule has 0 heterocycles. The Labute approximate surface area is 70.1 Å². The molecule has 0 radical (unpaired) electrons. The predicted octanol–water partition coefficient (Wildman–Crippen LogP) is 2.44. The van der Waals surface area contributed by atoms with Gasteiger partial charge in [0.25, 0.3) is 0 Å². The van der Waals surface area contributed by atoms with Gasteiger partial charge in [-0.1, -0.05) is 26.0 Å². The van der Waals surface area contributed by atoms with Crippen LogP contribution in [0.5, 0.6) is 0 Å². The summed E-state index contributed by atoms with van der Waals surface area (Å²) in [6, 6.07) is 0.773. The Morgan fingerprint density at radius 1 is 1.27 bits per heavy atom. The third kappa shape index (κ3) is 2.33. The van der Waals surface area contributed by atoms with Crippen LogP contribution in [0.15, 0.2) is 12.2 Å². The zero-order valence-corrected chi connectivity index (χ0v) is 7.71. The zero-order valence-electron chi connectivity index (χ0n) is 7.71. The molecule has 1 aliphatic rings. The van der Waals surface area contributed by atoms with Crippen LogP contribution < -0.4 is 0 Å². The van der Waals surface area contributed by atoms with Gasteiger partial charge in [0.1, 0.15) is 0 Å². The van der Waals surface area contributed by atoms with Gasteiger partial charge in [0, 0.05) is 6.04 Å². The van der Waals surface area contributed by atoms with Gasteiger partial charge in [-0.05, 0) is 32.4 Å². The van der Waals surface area contributed by atoms with Gasteiger partial charge in [-0.2, -0.15) is 0 Å². The van der Waals surface area contributed by atoms with E-state index in [1.54, 1.807) is 0 Å².